The highest BCUT2D eigenvalue weighted by molar-refractivity contribution is 7.99. The van der Waals surface area contributed by atoms with Crippen LogP contribution in [0.3, 0.4) is 0 Å². The molecule has 1 aliphatic rings. The van der Waals surface area contributed by atoms with Crippen LogP contribution in [0.4, 0.5) is 0 Å². The lowest BCUT2D eigenvalue weighted by Gasteiger charge is -2.22. The fourth-order valence-electron chi connectivity index (χ4n) is 1.53. The minimum Gasteiger partial charge on any atom is -0.366 e. The Kier molecular flexibility index (Phi) is 5.62. The summed E-state index contributed by atoms with van der Waals surface area (Å²) in [6.07, 6.45) is 3.85. The second kappa shape index (κ2) is 6.50. The Morgan fingerprint density at radius 1 is 1.44 bits per heavy atom. The van der Waals surface area contributed by atoms with Crippen molar-refractivity contribution < 1.29 is 9.53 Å². The maximum Gasteiger partial charge on any atom is 0.246 e. The zero-order valence-electron chi connectivity index (χ0n) is 10.5. The monoisotopic (exact) mass is 245 g/mol. The Balaban J connectivity index is 2.09. The molecule has 1 saturated heterocycles. The molecule has 1 amide bonds. The molecule has 0 aromatic carbocycles. The topological polar surface area (TPSA) is 38.3 Å². The van der Waals surface area contributed by atoms with Crippen LogP contribution in [0.5, 0.6) is 0 Å². The van der Waals surface area contributed by atoms with Gasteiger partial charge in [0.1, 0.15) is 6.61 Å². The molecule has 0 bridgehead atoms. The second-order valence-electron chi connectivity index (χ2n) is 5.19. The molecule has 1 rings (SSSR count). The van der Waals surface area contributed by atoms with E-state index >= 15 is 0 Å². The van der Waals surface area contributed by atoms with E-state index in [1.54, 1.807) is 0 Å². The lowest BCUT2D eigenvalue weighted by molar-refractivity contribution is -0.130. The highest BCUT2D eigenvalue weighted by atomic mass is 32.2. The van der Waals surface area contributed by atoms with Crippen LogP contribution in [-0.4, -0.2) is 35.7 Å². The molecule has 0 spiro atoms. The molecule has 1 heterocycles. The Labute approximate surface area is 103 Å². The number of carbonyl (C=O) groups excluding carboxylic acids is 1. The van der Waals surface area contributed by atoms with Gasteiger partial charge in [-0.3, -0.25) is 4.79 Å². The van der Waals surface area contributed by atoms with Gasteiger partial charge in [-0.25, -0.2) is 0 Å². The van der Waals surface area contributed by atoms with Gasteiger partial charge in [0.25, 0.3) is 0 Å². The molecule has 1 aliphatic heterocycles. The smallest absolute Gasteiger partial charge is 0.246 e. The number of carbonyl (C=O) groups is 1. The Bertz CT molecular complexity index is 220. The summed E-state index contributed by atoms with van der Waals surface area (Å²) >= 11 is 1.97. The molecule has 0 saturated carbocycles. The predicted molar refractivity (Wildman–Crippen MR) is 68.8 cm³/mol. The fourth-order valence-corrected chi connectivity index (χ4v) is 2.77. The van der Waals surface area contributed by atoms with E-state index in [0.717, 1.165) is 6.54 Å². The largest absolute Gasteiger partial charge is 0.366 e. The Morgan fingerprint density at radius 2 is 2.19 bits per heavy atom. The minimum absolute atomic E-state index is 0.00102. The summed E-state index contributed by atoms with van der Waals surface area (Å²) in [6.45, 7) is 6.82. The summed E-state index contributed by atoms with van der Waals surface area (Å²) in [7, 11) is 0. The second-order valence-corrected chi connectivity index (χ2v) is 6.60. The molecule has 1 unspecified atom stereocenters. The third-order valence-corrected chi connectivity index (χ3v) is 3.84. The van der Waals surface area contributed by atoms with Gasteiger partial charge >= 0.3 is 0 Å². The molecule has 1 N–H and O–H groups in total. The van der Waals surface area contributed by atoms with Crippen molar-refractivity contribution >= 4 is 17.7 Å². The van der Waals surface area contributed by atoms with E-state index in [2.05, 4.69) is 5.32 Å². The number of amides is 1. The first-order chi connectivity index (χ1) is 7.47. The van der Waals surface area contributed by atoms with Crippen LogP contribution in [-0.2, 0) is 9.53 Å². The SMILES string of the molecule is CC(C)(C)OCC(=O)NCC1CCCCS1. The van der Waals surface area contributed by atoms with Gasteiger partial charge in [0.15, 0.2) is 0 Å². The summed E-state index contributed by atoms with van der Waals surface area (Å²) < 4.78 is 5.41. The molecule has 3 nitrogen and oxygen atoms in total. The van der Waals surface area contributed by atoms with Crippen molar-refractivity contribution in [2.24, 2.45) is 0 Å². The summed E-state index contributed by atoms with van der Waals surface area (Å²) in [4.78, 5) is 11.5. The molecule has 1 fully saturated rings. The highest BCUT2D eigenvalue weighted by Crippen LogP contribution is 2.24. The van der Waals surface area contributed by atoms with Crippen LogP contribution in [0.1, 0.15) is 40.0 Å². The first kappa shape index (κ1) is 13.8. The predicted octanol–water partition coefficient (Wildman–Crippen LogP) is 2.20. The number of hydrogen-bond donors (Lipinski definition) is 1. The van der Waals surface area contributed by atoms with Crippen LogP contribution >= 0.6 is 11.8 Å². The molecule has 16 heavy (non-hydrogen) atoms. The van der Waals surface area contributed by atoms with Crippen LogP contribution in [0.15, 0.2) is 0 Å². The van der Waals surface area contributed by atoms with Crippen LogP contribution in [0.2, 0.25) is 0 Å². The van der Waals surface area contributed by atoms with E-state index in [1.807, 2.05) is 32.5 Å². The van der Waals surface area contributed by atoms with E-state index < -0.39 is 0 Å². The molecule has 0 aromatic heterocycles. The number of nitrogens with one attached hydrogen (secondary N) is 1. The van der Waals surface area contributed by atoms with Crippen LogP contribution < -0.4 is 5.32 Å². The van der Waals surface area contributed by atoms with Gasteiger partial charge in [0.2, 0.25) is 5.91 Å². The van der Waals surface area contributed by atoms with E-state index in [9.17, 15) is 4.79 Å². The molecule has 0 radical (unpaired) electrons. The first-order valence-corrected chi connectivity index (χ1v) is 7.04. The summed E-state index contributed by atoms with van der Waals surface area (Å²) in [6, 6.07) is 0. The van der Waals surface area contributed by atoms with Gasteiger partial charge < -0.3 is 10.1 Å². The number of ether oxygens (including phenoxy) is 1. The fraction of sp³-hybridized carbons (Fsp3) is 0.917. The highest BCUT2D eigenvalue weighted by Gasteiger charge is 2.16. The van der Waals surface area contributed by atoms with E-state index in [4.69, 9.17) is 4.74 Å². The third kappa shape index (κ3) is 6.38. The van der Waals surface area contributed by atoms with E-state index in [-0.39, 0.29) is 18.1 Å². The quantitative estimate of drug-likeness (QED) is 0.825. The lowest BCUT2D eigenvalue weighted by Crippen LogP contribution is -2.36. The van der Waals surface area contributed by atoms with Gasteiger partial charge in [-0.15, -0.1) is 0 Å². The third-order valence-electron chi connectivity index (χ3n) is 2.44. The van der Waals surface area contributed by atoms with Crippen molar-refractivity contribution in [3.8, 4) is 0 Å². The lowest BCUT2D eigenvalue weighted by atomic mass is 10.2. The van der Waals surface area contributed by atoms with Crippen molar-refractivity contribution in [3.05, 3.63) is 0 Å². The van der Waals surface area contributed by atoms with Crippen molar-refractivity contribution in [2.75, 3.05) is 18.9 Å². The van der Waals surface area contributed by atoms with E-state index in [1.165, 1.54) is 25.0 Å². The van der Waals surface area contributed by atoms with Crippen molar-refractivity contribution in [1.82, 2.24) is 5.32 Å². The van der Waals surface area contributed by atoms with E-state index in [0.29, 0.717) is 5.25 Å². The normalized spacial score (nSPS) is 21.8. The zero-order chi connectivity index (χ0) is 12.0. The Morgan fingerprint density at radius 3 is 2.75 bits per heavy atom. The van der Waals surface area contributed by atoms with Crippen molar-refractivity contribution in [1.29, 1.82) is 0 Å². The standard InChI is InChI=1S/C12H23NO2S/c1-12(2,3)15-9-11(14)13-8-10-6-4-5-7-16-10/h10H,4-9H2,1-3H3,(H,13,14). The summed E-state index contributed by atoms with van der Waals surface area (Å²) in [5, 5.41) is 3.54. The zero-order valence-corrected chi connectivity index (χ0v) is 11.4. The van der Waals surface area contributed by atoms with Crippen LogP contribution in [0, 0.1) is 0 Å². The Hall–Kier alpha value is -0.220. The number of hydrogen-bond acceptors (Lipinski definition) is 3. The van der Waals surface area contributed by atoms with Crippen molar-refractivity contribution in [3.63, 3.8) is 0 Å². The molecule has 94 valence electrons. The average molecular weight is 245 g/mol. The van der Waals surface area contributed by atoms with Gasteiger partial charge in [0, 0.05) is 11.8 Å². The molecule has 0 aliphatic carbocycles. The molecular weight excluding hydrogens is 222 g/mol. The molecule has 0 aromatic rings. The average Bonchev–Trinajstić information content (AvgIpc) is 2.24. The van der Waals surface area contributed by atoms with Crippen molar-refractivity contribution in [2.45, 2.75) is 50.9 Å². The van der Waals surface area contributed by atoms with Gasteiger partial charge in [-0.2, -0.15) is 11.8 Å². The number of rotatable bonds is 4. The number of thioether (sulfide) groups is 1. The minimum atomic E-state index is -0.239. The summed E-state index contributed by atoms with van der Waals surface area (Å²) in [5.74, 6) is 1.24. The van der Waals surface area contributed by atoms with Gasteiger partial charge in [0.05, 0.1) is 5.60 Å². The molecule has 1 atom stereocenters. The van der Waals surface area contributed by atoms with Gasteiger partial charge in [-0.05, 0) is 39.4 Å². The summed E-state index contributed by atoms with van der Waals surface area (Å²) in [5.41, 5.74) is -0.239. The maximum atomic E-state index is 11.5. The molecule has 4 heteroatoms. The maximum absolute atomic E-state index is 11.5. The first-order valence-electron chi connectivity index (χ1n) is 5.99. The van der Waals surface area contributed by atoms with Gasteiger partial charge in [-0.1, -0.05) is 6.42 Å². The van der Waals surface area contributed by atoms with Crippen LogP contribution in [0.25, 0.3) is 0 Å². The molecular formula is C12H23NO2S.